The zero-order valence-electron chi connectivity index (χ0n) is 34.9. The van der Waals surface area contributed by atoms with Crippen LogP contribution in [0.25, 0.3) is 0 Å². The van der Waals surface area contributed by atoms with Crippen molar-refractivity contribution in [2.45, 2.75) is 137 Å². The first kappa shape index (κ1) is 42.7. The van der Waals surface area contributed by atoms with Gasteiger partial charge in [-0.3, -0.25) is 39.6 Å². The number of hydrogen-bond acceptors (Lipinski definition) is 13. The van der Waals surface area contributed by atoms with Crippen LogP contribution in [0.2, 0.25) is 0 Å². The third kappa shape index (κ3) is 6.19. The third-order valence-electron chi connectivity index (χ3n) is 14.4. The van der Waals surface area contributed by atoms with Gasteiger partial charge in [-0.05, 0) is 61.6 Å². The Morgan fingerprint density at radius 3 is 1.48 bits per heavy atom. The Morgan fingerprint density at radius 2 is 1.11 bits per heavy atom. The first-order valence-electron chi connectivity index (χ1n) is 20.7. The summed E-state index contributed by atoms with van der Waals surface area (Å²) in [5.74, 6) is -2.87. The molecular formula is C42H53N9O8S2. The van der Waals surface area contributed by atoms with E-state index in [1.807, 2.05) is 0 Å². The maximum Gasteiger partial charge on any atom is 0.411 e. The first-order chi connectivity index (χ1) is 28.7. The molecule has 7 heterocycles. The van der Waals surface area contributed by atoms with Gasteiger partial charge in [-0.15, -0.1) is 22.7 Å². The van der Waals surface area contributed by atoms with Gasteiger partial charge in [-0.2, -0.15) is 0 Å². The van der Waals surface area contributed by atoms with Crippen LogP contribution in [-0.2, 0) is 46.5 Å². The number of anilines is 1. The van der Waals surface area contributed by atoms with E-state index in [1.54, 1.807) is 24.6 Å². The second kappa shape index (κ2) is 14.8. The smallest absolute Gasteiger partial charge is 0.411 e. The molecule has 8 atom stereocenters. The summed E-state index contributed by atoms with van der Waals surface area (Å²) in [5, 5.41) is 28.6. The number of carbonyl (C=O) groups is 6. The quantitative estimate of drug-likeness (QED) is 0.160. The number of carbonyl (C=O) groups excluding carboxylic acids is 4. The minimum Gasteiger partial charge on any atom is -0.465 e. The number of carboxylic acid groups (broad SMARTS) is 2. The number of nitrogens with two attached hydrogens (primary N) is 2. The largest absolute Gasteiger partial charge is 0.465 e. The summed E-state index contributed by atoms with van der Waals surface area (Å²) < 4.78 is 0. The number of aromatic nitrogens is 2. The lowest BCUT2D eigenvalue weighted by molar-refractivity contribution is -0.142. The number of rotatable bonds is 11. The van der Waals surface area contributed by atoms with Crippen LogP contribution < -0.4 is 27.0 Å². The highest BCUT2D eigenvalue weighted by atomic mass is 32.1. The SMILES string of the molecule is CC(C)(C)c1ccc(N2[C@H](C3CCCN3[C@@]3(C(=O)NC(=O)O)c4nc(cs4)C3(C)CC(N)=O)CC[C@H]2C2CCCN2[C@@]2(C(=O)NC(=O)O)c3nc(cs3)C2(C)CC(N)=O)cc1. The van der Waals surface area contributed by atoms with Crippen molar-refractivity contribution in [3.05, 3.63) is 62.0 Å². The number of likely N-dealkylation sites (tertiary alicyclic amines) is 2. The summed E-state index contributed by atoms with van der Waals surface area (Å²) in [7, 11) is 0. The summed E-state index contributed by atoms with van der Waals surface area (Å²) in [6.07, 6.45) is 0.439. The van der Waals surface area contributed by atoms with E-state index in [0.717, 1.165) is 11.3 Å². The lowest BCUT2D eigenvalue weighted by Gasteiger charge is -2.53. The average molecular weight is 876 g/mol. The molecule has 3 fully saturated rings. The third-order valence-corrected chi connectivity index (χ3v) is 16.3. The second-order valence-electron chi connectivity index (χ2n) is 18.7. The van der Waals surface area contributed by atoms with Crippen molar-refractivity contribution in [1.82, 2.24) is 30.4 Å². The Kier molecular flexibility index (Phi) is 10.4. The van der Waals surface area contributed by atoms with E-state index in [-0.39, 0.29) is 42.4 Å². The molecule has 3 aromatic rings. The van der Waals surface area contributed by atoms with Gasteiger partial charge in [0.15, 0.2) is 11.1 Å². The standard InChI is InChI=1S/C42H53N9O8S2/c1-38(2,3)22-10-12-23(13-11-22)51-26(24-8-6-16-49(24)41(32(54)47-36(56)57)34-45-28(20-60-34)39(41,4)18-30(43)52)14-15-27(51)25-9-7-17-50(25)42(33(55)48-37(58)59)35-46-29(21-61-35)40(42,5)19-31(44)53/h10-13,20-21,24-27H,6-9,14-19H2,1-5H3,(H2,43,52)(H2,44,53)(H,47,54)(H,48,55)(H,56,57)(H,58,59)/t24?,25?,26-,27-,39?,40?,41-,42-/m0/s1. The van der Waals surface area contributed by atoms with E-state index < -0.39 is 57.7 Å². The van der Waals surface area contributed by atoms with Crippen molar-refractivity contribution in [2.75, 3.05) is 18.0 Å². The molecule has 6 amide bonds. The summed E-state index contributed by atoms with van der Waals surface area (Å²) in [6, 6.07) is 7.24. The van der Waals surface area contributed by atoms with Crippen LogP contribution in [0.4, 0.5) is 15.3 Å². The summed E-state index contributed by atoms with van der Waals surface area (Å²) in [4.78, 5) is 95.7. The van der Waals surface area contributed by atoms with Crippen LogP contribution in [0.15, 0.2) is 35.0 Å². The number of hydrogen-bond donors (Lipinski definition) is 6. The number of imide groups is 2. The van der Waals surface area contributed by atoms with Crippen LogP contribution in [-0.4, -0.2) is 103 Å². The number of amides is 6. The molecule has 0 radical (unpaired) electrons. The molecule has 8 N–H and O–H groups in total. The molecule has 2 aromatic heterocycles. The fraction of sp³-hybridized carbons (Fsp3) is 0.571. The van der Waals surface area contributed by atoms with E-state index in [4.69, 9.17) is 21.4 Å². The molecule has 5 aliphatic heterocycles. The lowest BCUT2D eigenvalue weighted by atomic mass is 9.66. The number of primary amides is 2. The van der Waals surface area contributed by atoms with Gasteiger partial charge < -0.3 is 26.6 Å². The molecule has 0 aliphatic carbocycles. The maximum atomic E-state index is 14.7. The van der Waals surface area contributed by atoms with Gasteiger partial charge in [-0.25, -0.2) is 19.6 Å². The summed E-state index contributed by atoms with van der Waals surface area (Å²) >= 11 is 2.52. The van der Waals surface area contributed by atoms with E-state index in [1.165, 1.54) is 22.7 Å². The molecule has 1 aromatic carbocycles. The molecule has 61 heavy (non-hydrogen) atoms. The van der Waals surface area contributed by atoms with Crippen molar-refractivity contribution < 1.29 is 39.0 Å². The first-order valence-corrected chi connectivity index (χ1v) is 22.5. The zero-order valence-corrected chi connectivity index (χ0v) is 36.5. The normalized spacial score (nSPS) is 32.0. The number of nitrogens with one attached hydrogen (secondary N) is 2. The van der Waals surface area contributed by atoms with E-state index in [2.05, 4.69) is 70.4 Å². The Bertz CT molecular complexity index is 2180. The Morgan fingerprint density at radius 1 is 0.705 bits per heavy atom. The lowest BCUT2D eigenvalue weighted by Crippen LogP contribution is -2.70. The number of thiazole rings is 2. The van der Waals surface area contributed by atoms with Crippen LogP contribution in [0.1, 0.15) is 113 Å². The molecule has 4 bridgehead atoms. The van der Waals surface area contributed by atoms with Crippen LogP contribution in [0.5, 0.6) is 0 Å². The molecule has 3 saturated heterocycles. The van der Waals surface area contributed by atoms with Gasteiger partial charge in [0.2, 0.25) is 11.8 Å². The minimum atomic E-state index is -1.66. The molecule has 4 unspecified atom stereocenters. The highest BCUT2D eigenvalue weighted by Crippen LogP contribution is 2.60. The monoisotopic (exact) mass is 875 g/mol. The number of nitrogens with zero attached hydrogens (tertiary/aromatic N) is 5. The van der Waals surface area contributed by atoms with Crippen molar-refractivity contribution in [2.24, 2.45) is 11.5 Å². The van der Waals surface area contributed by atoms with Gasteiger partial charge in [0.25, 0.3) is 11.8 Å². The van der Waals surface area contributed by atoms with Crippen molar-refractivity contribution >= 4 is 64.2 Å². The summed E-state index contributed by atoms with van der Waals surface area (Å²) in [6.45, 7) is 10.8. The van der Waals surface area contributed by atoms with Crippen molar-refractivity contribution in [3.8, 4) is 0 Å². The Labute approximate surface area is 361 Å². The van der Waals surface area contributed by atoms with Crippen molar-refractivity contribution in [3.63, 3.8) is 0 Å². The zero-order chi connectivity index (χ0) is 44.0. The van der Waals surface area contributed by atoms with Crippen LogP contribution in [0, 0.1) is 0 Å². The van der Waals surface area contributed by atoms with Crippen LogP contribution in [0.3, 0.4) is 0 Å². The Balaban J connectivity index is 1.26. The van der Waals surface area contributed by atoms with E-state index >= 15 is 0 Å². The second-order valence-corrected chi connectivity index (χ2v) is 20.4. The average Bonchev–Trinajstić information content (AvgIpc) is 4.01. The molecule has 5 aliphatic rings. The Hall–Kier alpha value is -4.98. The highest BCUT2D eigenvalue weighted by molar-refractivity contribution is 7.10. The van der Waals surface area contributed by atoms with Gasteiger partial charge >= 0.3 is 12.2 Å². The summed E-state index contributed by atoms with van der Waals surface area (Å²) in [5.41, 5.74) is 8.82. The van der Waals surface area contributed by atoms with Gasteiger partial charge in [0.1, 0.15) is 10.0 Å². The maximum absolute atomic E-state index is 14.7. The topological polar surface area (TPSA) is 254 Å². The number of benzene rings is 1. The van der Waals surface area contributed by atoms with E-state index in [9.17, 15) is 39.0 Å². The molecule has 326 valence electrons. The van der Waals surface area contributed by atoms with Gasteiger partial charge in [0, 0.05) is 66.5 Å². The molecule has 17 nitrogen and oxygen atoms in total. The fourth-order valence-corrected chi connectivity index (χ4v) is 14.5. The fourth-order valence-electron chi connectivity index (χ4n) is 11.9. The highest BCUT2D eigenvalue weighted by Gasteiger charge is 2.71. The van der Waals surface area contributed by atoms with Gasteiger partial charge in [-0.1, -0.05) is 46.8 Å². The molecule has 0 saturated carbocycles. The predicted octanol–water partition coefficient (Wildman–Crippen LogP) is 3.84. The molecule has 8 rings (SSSR count). The molecule has 19 heteroatoms. The molecular weight excluding hydrogens is 823 g/mol. The van der Waals surface area contributed by atoms with E-state index in [0.29, 0.717) is 73.0 Å². The van der Waals surface area contributed by atoms with Gasteiger partial charge in [0.05, 0.1) is 22.2 Å². The molecule has 0 spiro atoms. The number of fused-ring (bicyclic) bond motifs is 4. The van der Waals surface area contributed by atoms with Crippen molar-refractivity contribution in [1.29, 1.82) is 0 Å². The minimum absolute atomic E-state index is 0.139. The van der Waals surface area contributed by atoms with Crippen LogP contribution >= 0.6 is 22.7 Å². The predicted molar refractivity (Wildman–Crippen MR) is 226 cm³/mol.